The van der Waals surface area contributed by atoms with Gasteiger partial charge < -0.3 is 0 Å². The average Bonchev–Trinajstić information content (AvgIpc) is 3.07. The van der Waals surface area contributed by atoms with Crippen molar-refractivity contribution in [1.29, 1.82) is 0 Å². The first-order chi connectivity index (χ1) is 8.24. The van der Waals surface area contributed by atoms with Crippen molar-refractivity contribution in [2.75, 3.05) is 0 Å². The van der Waals surface area contributed by atoms with Crippen LogP contribution in [0.15, 0.2) is 29.6 Å². The van der Waals surface area contributed by atoms with Crippen molar-refractivity contribution >= 4 is 22.9 Å². The Kier molecular flexibility index (Phi) is 2.89. The third kappa shape index (κ3) is 2.35. The predicted molar refractivity (Wildman–Crippen MR) is 68.2 cm³/mol. The van der Waals surface area contributed by atoms with E-state index in [0.717, 1.165) is 16.3 Å². The monoisotopic (exact) mass is 267 g/mol. The molecule has 1 heterocycles. The first-order valence-electron chi connectivity index (χ1n) is 5.59. The summed E-state index contributed by atoms with van der Waals surface area (Å²) >= 11 is 7.94. The molecular formula is C13H11ClFNS. The van der Waals surface area contributed by atoms with Gasteiger partial charge in [-0.05, 0) is 30.5 Å². The largest absolute Gasteiger partial charge is 0.244 e. The minimum atomic E-state index is -0.270. The maximum atomic E-state index is 12.8. The minimum absolute atomic E-state index is 0.240. The molecule has 1 atom stereocenters. The summed E-state index contributed by atoms with van der Waals surface area (Å²) < 4.78 is 12.8. The van der Waals surface area contributed by atoms with Crippen molar-refractivity contribution in [2.45, 2.75) is 24.1 Å². The van der Waals surface area contributed by atoms with Crippen LogP contribution in [0, 0.1) is 5.82 Å². The fraction of sp³-hybridized carbons (Fsp3) is 0.308. The molecule has 1 unspecified atom stereocenters. The summed E-state index contributed by atoms with van der Waals surface area (Å²) in [4.78, 5) is 4.56. The molecule has 0 N–H and O–H groups in total. The van der Waals surface area contributed by atoms with E-state index in [-0.39, 0.29) is 11.2 Å². The van der Waals surface area contributed by atoms with E-state index >= 15 is 0 Å². The zero-order valence-corrected chi connectivity index (χ0v) is 10.6. The second-order valence-corrected chi connectivity index (χ2v) is 5.63. The second-order valence-electron chi connectivity index (χ2n) is 4.30. The van der Waals surface area contributed by atoms with Crippen molar-refractivity contribution in [3.63, 3.8) is 0 Å². The van der Waals surface area contributed by atoms with Gasteiger partial charge in [-0.1, -0.05) is 12.1 Å². The van der Waals surface area contributed by atoms with Crippen LogP contribution >= 0.6 is 22.9 Å². The number of nitrogens with zero attached hydrogens (tertiary/aromatic N) is 1. The summed E-state index contributed by atoms with van der Waals surface area (Å²) in [5.41, 5.74) is 2.06. The Balaban J connectivity index is 1.84. The zero-order valence-electron chi connectivity index (χ0n) is 9.07. The molecule has 1 aromatic heterocycles. The first kappa shape index (κ1) is 11.2. The minimum Gasteiger partial charge on any atom is -0.244 e. The van der Waals surface area contributed by atoms with E-state index < -0.39 is 0 Å². The summed E-state index contributed by atoms with van der Waals surface area (Å²) in [7, 11) is 0. The van der Waals surface area contributed by atoms with E-state index in [2.05, 4.69) is 10.4 Å². The summed E-state index contributed by atoms with van der Waals surface area (Å²) in [6.07, 6.45) is 2.49. The molecule has 0 saturated heterocycles. The third-order valence-electron chi connectivity index (χ3n) is 2.91. The molecule has 1 nitrogen and oxygen atoms in total. The van der Waals surface area contributed by atoms with Crippen LogP contribution in [-0.2, 0) is 0 Å². The second kappa shape index (κ2) is 4.39. The van der Waals surface area contributed by atoms with Crippen LogP contribution in [0.2, 0.25) is 0 Å². The molecule has 1 fully saturated rings. The number of hydrogen-bond donors (Lipinski definition) is 0. The van der Waals surface area contributed by atoms with Gasteiger partial charge in [0.1, 0.15) is 16.2 Å². The predicted octanol–water partition coefficient (Wildman–Crippen LogP) is 4.49. The Morgan fingerprint density at radius 2 is 2.00 bits per heavy atom. The molecule has 3 rings (SSSR count). The number of thiazole rings is 1. The van der Waals surface area contributed by atoms with Crippen LogP contribution in [-0.4, -0.2) is 4.98 Å². The van der Waals surface area contributed by atoms with Crippen LogP contribution < -0.4 is 0 Å². The van der Waals surface area contributed by atoms with E-state index in [1.165, 1.54) is 25.0 Å². The van der Waals surface area contributed by atoms with Gasteiger partial charge in [0.05, 0.1) is 5.69 Å². The van der Waals surface area contributed by atoms with E-state index in [1.54, 1.807) is 23.5 Å². The molecule has 4 heteroatoms. The maximum absolute atomic E-state index is 12.8. The van der Waals surface area contributed by atoms with Crippen molar-refractivity contribution in [3.8, 4) is 0 Å². The Bertz CT molecular complexity index is 518. The number of rotatable bonds is 3. The number of hydrogen-bond acceptors (Lipinski definition) is 2. The zero-order chi connectivity index (χ0) is 11.8. The fourth-order valence-corrected chi connectivity index (χ4v) is 3.01. The summed E-state index contributed by atoms with van der Waals surface area (Å²) in [5.74, 6) is 0.410. The van der Waals surface area contributed by atoms with Crippen LogP contribution in [0.3, 0.4) is 0 Å². The maximum Gasteiger partial charge on any atom is 0.123 e. The van der Waals surface area contributed by atoms with E-state index in [9.17, 15) is 4.39 Å². The highest BCUT2D eigenvalue weighted by Gasteiger charge is 2.27. The smallest absolute Gasteiger partial charge is 0.123 e. The lowest BCUT2D eigenvalue weighted by Gasteiger charge is -2.05. The van der Waals surface area contributed by atoms with Gasteiger partial charge in [0.15, 0.2) is 0 Å². The molecule has 0 bridgehead atoms. The standard InChI is InChI=1S/C13H11ClFNS/c14-12(9-3-5-10(15)6-4-9)13-16-11(7-17-13)8-1-2-8/h3-8,12H,1-2H2. The summed E-state index contributed by atoms with van der Waals surface area (Å²) in [6, 6.07) is 6.29. The van der Waals surface area contributed by atoms with Crippen LogP contribution in [0.4, 0.5) is 4.39 Å². The van der Waals surface area contributed by atoms with Crippen molar-refractivity contribution in [1.82, 2.24) is 4.98 Å². The van der Waals surface area contributed by atoms with E-state index in [0.29, 0.717) is 5.92 Å². The van der Waals surface area contributed by atoms with E-state index in [4.69, 9.17) is 11.6 Å². The Morgan fingerprint density at radius 3 is 2.65 bits per heavy atom. The number of alkyl halides is 1. The molecule has 1 aliphatic carbocycles. The lowest BCUT2D eigenvalue weighted by molar-refractivity contribution is 0.627. The molecule has 88 valence electrons. The fourth-order valence-electron chi connectivity index (χ4n) is 1.76. The highest BCUT2D eigenvalue weighted by Crippen LogP contribution is 2.42. The number of halogens is 2. The van der Waals surface area contributed by atoms with E-state index in [1.807, 2.05) is 0 Å². The van der Waals surface area contributed by atoms with Crippen molar-refractivity contribution < 1.29 is 4.39 Å². The van der Waals surface area contributed by atoms with Crippen molar-refractivity contribution in [3.05, 3.63) is 51.7 Å². The molecule has 1 saturated carbocycles. The Morgan fingerprint density at radius 1 is 1.29 bits per heavy atom. The number of benzene rings is 1. The molecule has 1 aromatic carbocycles. The molecule has 1 aliphatic rings. The molecule has 17 heavy (non-hydrogen) atoms. The van der Waals surface area contributed by atoms with Gasteiger partial charge in [-0.3, -0.25) is 0 Å². The SMILES string of the molecule is Fc1ccc(C(Cl)c2nc(C3CC3)cs2)cc1. The van der Waals surface area contributed by atoms with Crippen molar-refractivity contribution in [2.24, 2.45) is 0 Å². The molecular weight excluding hydrogens is 257 g/mol. The molecule has 2 aromatic rings. The quantitative estimate of drug-likeness (QED) is 0.747. The normalized spacial score (nSPS) is 17.1. The first-order valence-corrected chi connectivity index (χ1v) is 6.90. The topological polar surface area (TPSA) is 12.9 Å². The average molecular weight is 268 g/mol. The van der Waals surface area contributed by atoms with Crippen LogP contribution in [0.25, 0.3) is 0 Å². The van der Waals surface area contributed by atoms with Gasteiger partial charge in [0, 0.05) is 11.3 Å². The molecule has 0 amide bonds. The lowest BCUT2D eigenvalue weighted by atomic mass is 10.1. The molecule has 0 spiro atoms. The van der Waals surface area contributed by atoms with Gasteiger partial charge >= 0.3 is 0 Å². The van der Waals surface area contributed by atoms with Gasteiger partial charge in [0.2, 0.25) is 0 Å². The van der Waals surface area contributed by atoms with Gasteiger partial charge in [0.25, 0.3) is 0 Å². The third-order valence-corrected chi connectivity index (χ3v) is 4.43. The Hall–Kier alpha value is -0.930. The Labute approximate surface area is 108 Å². The lowest BCUT2D eigenvalue weighted by Crippen LogP contribution is -1.93. The van der Waals surface area contributed by atoms with Gasteiger partial charge in [-0.15, -0.1) is 22.9 Å². The van der Waals surface area contributed by atoms with Crippen LogP contribution in [0.5, 0.6) is 0 Å². The van der Waals surface area contributed by atoms with Gasteiger partial charge in [-0.2, -0.15) is 0 Å². The highest BCUT2D eigenvalue weighted by molar-refractivity contribution is 7.10. The number of aromatic nitrogens is 1. The molecule has 0 radical (unpaired) electrons. The molecule has 0 aliphatic heterocycles. The summed E-state index contributed by atoms with van der Waals surface area (Å²) in [5, 5.41) is 2.72. The highest BCUT2D eigenvalue weighted by atomic mass is 35.5. The summed E-state index contributed by atoms with van der Waals surface area (Å²) in [6.45, 7) is 0. The van der Waals surface area contributed by atoms with Gasteiger partial charge in [-0.25, -0.2) is 9.37 Å². The van der Waals surface area contributed by atoms with Crippen LogP contribution in [0.1, 0.15) is 40.4 Å².